The number of rotatable bonds is 5. The van der Waals surface area contributed by atoms with E-state index < -0.39 is 0 Å². The maximum Gasteiger partial charge on any atom is 0.273 e. The second kappa shape index (κ2) is 8.03. The molecule has 140 valence electrons. The van der Waals surface area contributed by atoms with Crippen LogP contribution in [0.1, 0.15) is 42.1 Å². The molecule has 2 aromatic heterocycles. The molecule has 2 amide bonds. The normalized spacial score (nSPS) is 15.3. The third-order valence-corrected chi connectivity index (χ3v) is 5.92. The van der Waals surface area contributed by atoms with Crippen molar-refractivity contribution in [3.8, 4) is 10.8 Å². The van der Waals surface area contributed by atoms with Gasteiger partial charge in [-0.1, -0.05) is 0 Å². The van der Waals surface area contributed by atoms with E-state index in [9.17, 15) is 9.59 Å². The van der Waals surface area contributed by atoms with Crippen molar-refractivity contribution in [2.45, 2.75) is 33.6 Å². The molecule has 0 aromatic carbocycles. The molecular formula is C19H25N3O3S. The number of carbonyl (C=O) groups is 2. The molecule has 0 saturated carbocycles. The van der Waals surface area contributed by atoms with Crippen LogP contribution in [0.5, 0.6) is 0 Å². The second-order valence-corrected chi connectivity index (χ2v) is 7.68. The summed E-state index contributed by atoms with van der Waals surface area (Å²) in [6.45, 7) is 8.59. The summed E-state index contributed by atoms with van der Waals surface area (Å²) in [5.74, 6) is 0.868. The fourth-order valence-electron chi connectivity index (χ4n) is 3.37. The molecule has 0 aliphatic carbocycles. The minimum atomic E-state index is -0.0507. The third-order valence-electron chi connectivity index (χ3n) is 4.94. The predicted molar refractivity (Wildman–Crippen MR) is 101 cm³/mol. The van der Waals surface area contributed by atoms with E-state index in [1.807, 2.05) is 42.7 Å². The first kappa shape index (κ1) is 18.6. The Labute approximate surface area is 157 Å². The number of likely N-dealkylation sites (tertiary alicyclic amines) is 1. The molecule has 1 saturated heterocycles. The van der Waals surface area contributed by atoms with Crippen molar-refractivity contribution in [2.24, 2.45) is 5.92 Å². The summed E-state index contributed by atoms with van der Waals surface area (Å²) in [7, 11) is 0. The highest BCUT2D eigenvalue weighted by Gasteiger charge is 2.31. The Morgan fingerprint density at radius 3 is 2.58 bits per heavy atom. The van der Waals surface area contributed by atoms with Gasteiger partial charge in [-0.2, -0.15) is 0 Å². The Bertz CT molecular complexity index is 757. The predicted octanol–water partition coefficient (Wildman–Crippen LogP) is 3.43. The highest BCUT2D eigenvalue weighted by Crippen LogP contribution is 2.29. The zero-order valence-corrected chi connectivity index (χ0v) is 16.3. The number of hydrogen-bond acceptors (Lipinski definition) is 5. The van der Waals surface area contributed by atoms with E-state index in [2.05, 4.69) is 4.98 Å². The highest BCUT2D eigenvalue weighted by molar-refractivity contribution is 7.15. The number of hydrogen-bond donors (Lipinski definition) is 0. The van der Waals surface area contributed by atoms with Crippen LogP contribution >= 0.6 is 11.3 Å². The van der Waals surface area contributed by atoms with E-state index in [-0.39, 0.29) is 17.7 Å². The smallest absolute Gasteiger partial charge is 0.273 e. The lowest BCUT2D eigenvalue weighted by molar-refractivity contribution is -0.136. The van der Waals surface area contributed by atoms with Crippen LogP contribution in [0.3, 0.4) is 0 Å². The average molecular weight is 375 g/mol. The van der Waals surface area contributed by atoms with Crippen LogP contribution in [0.2, 0.25) is 0 Å². The molecule has 3 heterocycles. The molecule has 1 fully saturated rings. The lowest BCUT2D eigenvalue weighted by Crippen LogP contribution is -2.44. The maximum atomic E-state index is 12.9. The van der Waals surface area contributed by atoms with Crippen LogP contribution in [0, 0.1) is 12.8 Å². The molecule has 0 spiro atoms. The summed E-state index contributed by atoms with van der Waals surface area (Å²) in [6.07, 6.45) is 3.04. The Hall–Kier alpha value is -2.15. The van der Waals surface area contributed by atoms with Gasteiger partial charge >= 0.3 is 0 Å². The summed E-state index contributed by atoms with van der Waals surface area (Å²) in [6, 6.07) is 3.65. The molecule has 0 bridgehead atoms. The SMILES string of the molecule is CCN(CC)C(=O)C1CCN(C(=O)c2nc(-c3ccco3)sc2C)CC1. The quantitative estimate of drug-likeness (QED) is 0.803. The van der Waals surface area contributed by atoms with Crippen molar-refractivity contribution in [1.29, 1.82) is 0 Å². The summed E-state index contributed by atoms with van der Waals surface area (Å²) in [5.41, 5.74) is 0.495. The third kappa shape index (κ3) is 3.67. The van der Waals surface area contributed by atoms with Gasteiger partial charge in [-0.3, -0.25) is 9.59 Å². The molecule has 26 heavy (non-hydrogen) atoms. The molecule has 7 heteroatoms. The summed E-state index contributed by atoms with van der Waals surface area (Å²) in [5, 5.41) is 0.724. The second-order valence-electron chi connectivity index (χ2n) is 6.48. The molecule has 0 atom stereocenters. The summed E-state index contributed by atoms with van der Waals surface area (Å²) < 4.78 is 5.38. The van der Waals surface area contributed by atoms with Crippen LogP contribution in [0.4, 0.5) is 0 Å². The molecule has 0 radical (unpaired) electrons. The lowest BCUT2D eigenvalue weighted by Gasteiger charge is -2.33. The van der Waals surface area contributed by atoms with Crippen LogP contribution in [-0.2, 0) is 4.79 Å². The van der Waals surface area contributed by atoms with Crippen LogP contribution < -0.4 is 0 Å². The molecule has 3 rings (SSSR count). The fraction of sp³-hybridized carbons (Fsp3) is 0.526. The number of amides is 2. The standard InChI is InChI=1S/C19H25N3O3S/c1-4-21(5-2)18(23)14-8-10-22(11-9-14)19(24)16-13(3)26-17(20-16)15-7-6-12-25-15/h6-7,12,14H,4-5,8-11H2,1-3H3. The van der Waals surface area contributed by atoms with Crippen molar-refractivity contribution in [2.75, 3.05) is 26.2 Å². The Kier molecular flexibility index (Phi) is 5.76. The first-order chi connectivity index (χ1) is 12.5. The molecule has 0 unspecified atom stereocenters. The lowest BCUT2D eigenvalue weighted by atomic mass is 9.95. The van der Waals surface area contributed by atoms with E-state index in [0.717, 1.165) is 35.8 Å². The first-order valence-corrected chi connectivity index (χ1v) is 9.96. The van der Waals surface area contributed by atoms with Crippen LogP contribution in [-0.4, -0.2) is 52.8 Å². The molecule has 2 aromatic rings. The fourth-order valence-corrected chi connectivity index (χ4v) is 4.25. The van der Waals surface area contributed by atoms with Gasteiger partial charge in [0.1, 0.15) is 5.69 Å². The number of aromatic nitrogens is 1. The van der Waals surface area contributed by atoms with E-state index in [1.54, 1.807) is 6.26 Å². The minimum absolute atomic E-state index is 0.0224. The van der Waals surface area contributed by atoms with Crippen molar-refractivity contribution < 1.29 is 14.0 Å². The van der Waals surface area contributed by atoms with Crippen LogP contribution in [0.15, 0.2) is 22.8 Å². The minimum Gasteiger partial charge on any atom is -0.462 e. The van der Waals surface area contributed by atoms with E-state index >= 15 is 0 Å². The van der Waals surface area contributed by atoms with Gasteiger partial charge in [0, 0.05) is 37.0 Å². The van der Waals surface area contributed by atoms with Gasteiger partial charge in [0.2, 0.25) is 5.91 Å². The Morgan fingerprint density at radius 1 is 1.31 bits per heavy atom. The number of carbonyl (C=O) groups excluding carboxylic acids is 2. The Morgan fingerprint density at radius 2 is 2.00 bits per heavy atom. The zero-order valence-electron chi connectivity index (χ0n) is 15.5. The van der Waals surface area contributed by atoms with Crippen molar-refractivity contribution in [1.82, 2.24) is 14.8 Å². The Balaban J connectivity index is 1.65. The number of thiazole rings is 1. The molecule has 0 N–H and O–H groups in total. The van der Waals surface area contributed by atoms with Gasteiger partial charge in [-0.15, -0.1) is 11.3 Å². The van der Waals surface area contributed by atoms with E-state index in [0.29, 0.717) is 24.5 Å². The molecule has 1 aliphatic rings. The number of piperidine rings is 1. The summed E-state index contributed by atoms with van der Waals surface area (Å²) in [4.78, 5) is 34.5. The van der Waals surface area contributed by atoms with Gasteiger partial charge in [0.05, 0.1) is 6.26 Å². The first-order valence-electron chi connectivity index (χ1n) is 9.14. The largest absolute Gasteiger partial charge is 0.462 e. The number of furan rings is 1. The molecule has 1 aliphatic heterocycles. The number of nitrogens with zero attached hydrogens (tertiary/aromatic N) is 3. The van der Waals surface area contributed by atoms with Gasteiger partial charge in [-0.05, 0) is 45.7 Å². The van der Waals surface area contributed by atoms with E-state index in [4.69, 9.17) is 4.42 Å². The van der Waals surface area contributed by atoms with Gasteiger partial charge < -0.3 is 14.2 Å². The summed E-state index contributed by atoms with van der Waals surface area (Å²) >= 11 is 1.47. The monoisotopic (exact) mass is 375 g/mol. The van der Waals surface area contributed by atoms with Gasteiger partial charge in [-0.25, -0.2) is 4.98 Å². The van der Waals surface area contributed by atoms with E-state index in [1.165, 1.54) is 11.3 Å². The van der Waals surface area contributed by atoms with Crippen molar-refractivity contribution in [3.05, 3.63) is 29.0 Å². The maximum absolute atomic E-state index is 12.9. The van der Waals surface area contributed by atoms with Gasteiger partial charge in [0.15, 0.2) is 10.8 Å². The van der Waals surface area contributed by atoms with Crippen molar-refractivity contribution in [3.63, 3.8) is 0 Å². The van der Waals surface area contributed by atoms with Gasteiger partial charge in [0.25, 0.3) is 5.91 Å². The average Bonchev–Trinajstić information content (AvgIpc) is 3.32. The van der Waals surface area contributed by atoms with Crippen LogP contribution in [0.25, 0.3) is 10.8 Å². The topological polar surface area (TPSA) is 66.7 Å². The molecule has 6 nitrogen and oxygen atoms in total. The number of aryl methyl sites for hydroxylation is 1. The van der Waals surface area contributed by atoms with Crippen molar-refractivity contribution >= 4 is 23.2 Å². The zero-order chi connectivity index (χ0) is 18.7. The highest BCUT2D eigenvalue weighted by atomic mass is 32.1. The molecular weight excluding hydrogens is 350 g/mol.